The lowest BCUT2D eigenvalue weighted by Crippen LogP contribution is -2.54. The smallest absolute Gasteiger partial charge is 0.192 e. The van der Waals surface area contributed by atoms with E-state index in [2.05, 4.69) is 89.0 Å². The van der Waals surface area contributed by atoms with Crippen molar-refractivity contribution in [1.29, 1.82) is 0 Å². The van der Waals surface area contributed by atoms with Crippen LogP contribution in [0.2, 0.25) is 18.1 Å². The van der Waals surface area contributed by atoms with E-state index in [1.165, 1.54) is 11.1 Å². The maximum atomic E-state index is 7.02. The Morgan fingerprint density at radius 2 is 1.54 bits per heavy atom. The quantitative estimate of drug-likeness (QED) is 0.584. The molecule has 1 heterocycles. The van der Waals surface area contributed by atoms with E-state index in [0.717, 1.165) is 5.76 Å². The maximum absolute atomic E-state index is 7.02. The molecule has 2 aromatic rings. The minimum Gasteiger partial charge on any atom is -0.496 e. The van der Waals surface area contributed by atoms with Gasteiger partial charge in [0.05, 0.1) is 6.10 Å². The molecule has 0 bridgehead atoms. The van der Waals surface area contributed by atoms with Gasteiger partial charge in [-0.2, -0.15) is 0 Å². The third-order valence-electron chi connectivity index (χ3n) is 6.03. The van der Waals surface area contributed by atoms with Crippen molar-refractivity contribution in [3.63, 3.8) is 0 Å². The van der Waals surface area contributed by atoms with Crippen molar-refractivity contribution in [3.8, 4) is 0 Å². The second kappa shape index (κ2) is 6.71. The van der Waals surface area contributed by atoms with Crippen LogP contribution in [0, 0.1) is 0 Å². The molecule has 1 aliphatic rings. The molecule has 2 atom stereocenters. The molecule has 26 heavy (non-hydrogen) atoms. The van der Waals surface area contributed by atoms with E-state index in [1.54, 1.807) is 0 Å². The predicted molar refractivity (Wildman–Crippen MR) is 111 cm³/mol. The molecule has 3 heteroatoms. The summed E-state index contributed by atoms with van der Waals surface area (Å²) in [7, 11) is -2.00. The van der Waals surface area contributed by atoms with Gasteiger partial charge in [-0.05, 0) is 29.3 Å². The molecule has 0 radical (unpaired) electrons. The van der Waals surface area contributed by atoms with Crippen molar-refractivity contribution in [2.24, 2.45) is 0 Å². The summed E-state index contributed by atoms with van der Waals surface area (Å²) in [5, 5.41) is 0.129. The topological polar surface area (TPSA) is 18.5 Å². The summed E-state index contributed by atoms with van der Waals surface area (Å²) in [6.45, 7) is 16.3. The molecule has 1 fully saturated rings. The van der Waals surface area contributed by atoms with E-state index in [0.29, 0.717) is 6.61 Å². The lowest BCUT2D eigenvalue weighted by Gasteiger charge is -2.52. The van der Waals surface area contributed by atoms with Crippen LogP contribution in [0.15, 0.2) is 73.0 Å². The largest absolute Gasteiger partial charge is 0.496 e. The van der Waals surface area contributed by atoms with Crippen LogP contribution in [0.3, 0.4) is 0 Å². The number of hydrogen-bond donors (Lipinski definition) is 0. The molecule has 2 unspecified atom stereocenters. The Morgan fingerprint density at radius 1 is 1.00 bits per heavy atom. The highest BCUT2D eigenvalue weighted by Crippen LogP contribution is 2.54. The Morgan fingerprint density at radius 3 is 1.96 bits per heavy atom. The van der Waals surface area contributed by atoms with Crippen LogP contribution in [0.4, 0.5) is 0 Å². The van der Waals surface area contributed by atoms with E-state index in [9.17, 15) is 0 Å². The van der Waals surface area contributed by atoms with Gasteiger partial charge in [-0.15, -0.1) is 0 Å². The fraction of sp³-hybridized carbons (Fsp3) is 0.391. The van der Waals surface area contributed by atoms with E-state index < -0.39 is 8.32 Å². The van der Waals surface area contributed by atoms with Crippen LogP contribution in [-0.4, -0.2) is 14.9 Å². The van der Waals surface area contributed by atoms with Gasteiger partial charge in [0.25, 0.3) is 0 Å². The van der Waals surface area contributed by atoms with Crippen LogP contribution in [0.5, 0.6) is 0 Å². The van der Waals surface area contributed by atoms with Crippen LogP contribution in [0.1, 0.15) is 38.0 Å². The molecule has 3 rings (SSSR count). The summed E-state index contributed by atoms with van der Waals surface area (Å²) < 4.78 is 12.8. The van der Waals surface area contributed by atoms with Gasteiger partial charge in [0, 0.05) is 0 Å². The maximum Gasteiger partial charge on any atom is 0.192 e. The summed E-state index contributed by atoms with van der Waals surface area (Å²) in [6, 6.07) is 21.1. The van der Waals surface area contributed by atoms with Crippen molar-refractivity contribution in [2.45, 2.75) is 50.4 Å². The van der Waals surface area contributed by atoms with Gasteiger partial charge in [0.1, 0.15) is 17.8 Å². The summed E-state index contributed by atoms with van der Waals surface area (Å²) in [4.78, 5) is 0. The van der Waals surface area contributed by atoms with E-state index in [1.807, 2.05) is 12.1 Å². The standard InChI is InChI=1S/C23H30O2Si/c1-18-23(17-24-18,20-15-11-8-12-16-20)21(19-13-9-7-10-14-19)25-26(5,6)22(2,3)4/h7-16,21H,1,17H2,2-6H3. The summed E-state index contributed by atoms with van der Waals surface area (Å²) in [6.07, 6.45) is -0.103. The highest BCUT2D eigenvalue weighted by molar-refractivity contribution is 6.74. The van der Waals surface area contributed by atoms with Crippen molar-refractivity contribution in [1.82, 2.24) is 0 Å². The zero-order valence-corrected chi connectivity index (χ0v) is 17.6. The third kappa shape index (κ3) is 3.14. The minimum atomic E-state index is -2.00. The zero-order valence-electron chi connectivity index (χ0n) is 16.6. The monoisotopic (exact) mass is 366 g/mol. The average Bonchev–Trinajstić information content (AvgIpc) is 2.60. The van der Waals surface area contributed by atoms with E-state index in [4.69, 9.17) is 9.16 Å². The first-order chi connectivity index (χ1) is 12.2. The molecule has 0 aromatic heterocycles. The normalized spacial score (nSPS) is 21.7. The molecule has 2 nitrogen and oxygen atoms in total. The number of benzene rings is 2. The molecule has 1 saturated heterocycles. The summed E-state index contributed by atoms with van der Waals surface area (Å²) >= 11 is 0. The summed E-state index contributed by atoms with van der Waals surface area (Å²) in [5.74, 6) is 0.802. The fourth-order valence-electron chi connectivity index (χ4n) is 3.24. The lowest BCUT2D eigenvalue weighted by atomic mass is 9.69. The Kier molecular flexibility index (Phi) is 4.89. The van der Waals surface area contributed by atoms with Crippen molar-refractivity contribution < 1.29 is 9.16 Å². The molecule has 2 aromatic carbocycles. The molecule has 138 valence electrons. The van der Waals surface area contributed by atoms with E-state index in [-0.39, 0.29) is 16.6 Å². The predicted octanol–water partition coefficient (Wildman–Crippen LogP) is 6.23. The van der Waals surface area contributed by atoms with Gasteiger partial charge in [-0.1, -0.05) is 88.0 Å². The Hall–Kier alpha value is -1.84. The lowest BCUT2D eigenvalue weighted by molar-refractivity contribution is -0.0543. The van der Waals surface area contributed by atoms with Crippen LogP contribution < -0.4 is 0 Å². The first-order valence-corrected chi connectivity index (χ1v) is 12.2. The molecule has 1 aliphatic heterocycles. The Balaban J connectivity index is 2.12. The van der Waals surface area contributed by atoms with Crippen molar-refractivity contribution >= 4 is 8.32 Å². The highest BCUT2D eigenvalue weighted by atomic mass is 28.4. The Bertz CT molecular complexity index is 762. The van der Waals surface area contributed by atoms with Gasteiger partial charge in [-0.3, -0.25) is 0 Å². The first kappa shape index (κ1) is 18.9. The zero-order chi connectivity index (χ0) is 19.0. The van der Waals surface area contributed by atoms with Gasteiger partial charge >= 0.3 is 0 Å². The van der Waals surface area contributed by atoms with Gasteiger partial charge < -0.3 is 9.16 Å². The molecule has 0 spiro atoms. The van der Waals surface area contributed by atoms with Crippen LogP contribution >= 0.6 is 0 Å². The second-order valence-electron chi connectivity index (χ2n) is 8.72. The Labute approximate surface area is 159 Å². The number of hydrogen-bond acceptors (Lipinski definition) is 2. The van der Waals surface area contributed by atoms with Crippen LogP contribution in [0.25, 0.3) is 0 Å². The van der Waals surface area contributed by atoms with Crippen LogP contribution in [-0.2, 0) is 14.6 Å². The third-order valence-corrected chi connectivity index (χ3v) is 10.5. The van der Waals surface area contributed by atoms with Crippen molar-refractivity contribution in [3.05, 3.63) is 84.1 Å². The van der Waals surface area contributed by atoms with Crippen molar-refractivity contribution in [2.75, 3.05) is 6.61 Å². The fourth-order valence-corrected chi connectivity index (χ4v) is 4.52. The van der Waals surface area contributed by atoms with Gasteiger partial charge in [0.15, 0.2) is 8.32 Å². The highest BCUT2D eigenvalue weighted by Gasteiger charge is 2.55. The second-order valence-corrected chi connectivity index (χ2v) is 13.5. The van der Waals surface area contributed by atoms with E-state index >= 15 is 0 Å². The average molecular weight is 367 g/mol. The molecule has 0 N–H and O–H groups in total. The molecule has 0 aliphatic carbocycles. The minimum absolute atomic E-state index is 0.103. The molecule has 0 saturated carbocycles. The SMILES string of the molecule is C=C1OCC1(c1ccccc1)C(O[Si](C)(C)C(C)(C)C)c1ccccc1. The molecule has 0 amide bonds. The molecular weight excluding hydrogens is 336 g/mol. The molecular formula is C23H30O2Si. The first-order valence-electron chi connectivity index (χ1n) is 9.29. The van der Waals surface area contributed by atoms with Gasteiger partial charge in [0.2, 0.25) is 0 Å². The number of ether oxygens (including phenoxy) is 1. The summed E-state index contributed by atoms with van der Waals surface area (Å²) in [5.41, 5.74) is 2.06. The number of rotatable bonds is 5. The van der Waals surface area contributed by atoms with Gasteiger partial charge in [-0.25, -0.2) is 0 Å².